The average Bonchev–Trinajstić information content (AvgIpc) is 2.90. The van der Waals surface area contributed by atoms with Crippen LogP contribution in [0.25, 0.3) is 0 Å². The largest absolute Gasteiger partial charge is 0.478 e. The average molecular weight is 280 g/mol. The molecule has 7 heteroatoms. The smallest absolute Gasteiger partial charge is 0.257 e. The summed E-state index contributed by atoms with van der Waals surface area (Å²) in [5.74, 6) is 1.20. The molecule has 1 aromatic rings. The quantitative estimate of drug-likeness (QED) is 0.790. The predicted octanol–water partition coefficient (Wildman–Crippen LogP) is -0.633. The zero-order valence-corrected chi connectivity index (χ0v) is 11.6. The third-order valence-corrected chi connectivity index (χ3v) is 3.91. The molecule has 110 valence electrons. The Hall–Kier alpha value is -1.44. The molecule has 0 spiro atoms. The Morgan fingerprint density at radius 3 is 2.75 bits per heavy atom. The third-order valence-electron chi connectivity index (χ3n) is 3.91. The molecule has 0 aliphatic carbocycles. The van der Waals surface area contributed by atoms with E-state index >= 15 is 0 Å². The topological polar surface area (TPSA) is 71.0 Å². The van der Waals surface area contributed by atoms with Gasteiger partial charge in [-0.1, -0.05) is 0 Å². The van der Waals surface area contributed by atoms with Crippen molar-refractivity contribution in [2.45, 2.75) is 12.1 Å². The number of aromatic nitrogens is 2. The van der Waals surface area contributed by atoms with Crippen LogP contribution in [0.3, 0.4) is 0 Å². The van der Waals surface area contributed by atoms with Crippen LogP contribution in [0.5, 0.6) is 5.88 Å². The number of hydrogen-bond acceptors (Lipinski definition) is 7. The molecule has 2 fully saturated rings. The summed E-state index contributed by atoms with van der Waals surface area (Å²) in [4.78, 5) is 12.8. The Balaban J connectivity index is 1.74. The summed E-state index contributed by atoms with van der Waals surface area (Å²) in [6.45, 7) is 4.49. The normalized spacial score (nSPS) is 27.8. The molecule has 20 heavy (non-hydrogen) atoms. The van der Waals surface area contributed by atoms with Gasteiger partial charge in [0.25, 0.3) is 5.88 Å². The summed E-state index contributed by atoms with van der Waals surface area (Å²) in [6, 6.07) is 0.116. The molecule has 0 unspecified atom stereocenters. The lowest BCUT2D eigenvalue weighted by Crippen LogP contribution is -2.48. The lowest BCUT2D eigenvalue weighted by Gasteiger charge is -2.33. The van der Waals surface area contributed by atoms with Gasteiger partial charge in [-0.3, -0.25) is 4.90 Å². The summed E-state index contributed by atoms with van der Waals surface area (Å²) in [5, 5.41) is 10.3. The first kappa shape index (κ1) is 13.5. The molecular formula is C13H20N4O3. The van der Waals surface area contributed by atoms with E-state index in [9.17, 15) is 5.11 Å². The zero-order valence-electron chi connectivity index (χ0n) is 11.6. The van der Waals surface area contributed by atoms with Crippen LogP contribution in [-0.4, -0.2) is 78.6 Å². The first-order chi connectivity index (χ1) is 9.79. The Morgan fingerprint density at radius 2 is 2.00 bits per heavy atom. The maximum Gasteiger partial charge on any atom is 0.257 e. The Kier molecular flexibility index (Phi) is 4.00. The SMILES string of the molecule is COc1nccnc1N1C[C@H](O)[C@@H](N2CCOCC2)C1. The molecule has 1 aromatic heterocycles. The summed E-state index contributed by atoms with van der Waals surface area (Å²) in [5.41, 5.74) is 0. The number of anilines is 1. The number of morpholine rings is 1. The molecule has 0 saturated carbocycles. The molecule has 0 bridgehead atoms. The summed E-state index contributed by atoms with van der Waals surface area (Å²) in [6.07, 6.45) is 2.86. The van der Waals surface area contributed by atoms with Crippen molar-refractivity contribution in [1.29, 1.82) is 0 Å². The number of ether oxygens (including phenoxy) is 2. The van der Waals surface area contributed by atoms with E-state index in [4.69, 9.17) is 9.47 Å². The van der Waals surface area contributed by atoms with Crippen LogP contribution in [0.2, 0.25) is 0 Å². The van der Waals surface area contributed by atoms with E-state index in [0.717, 1.165) is 32.8 Å². The zero-order chi connectivity index (χ0) is 13.9. The number of hydrogen-bond donors (Lipinski definition) is 1. The van der Waals surface area contributed by atoms with Gasteiger partial charge in [-0.15, -0.1) is 0 Å². The molecular weight excluding hydrogens is 260 g/mol. The number of methoxy groups -OCH3 is 1. The second-order valence-electron chi connectivity index (χ2n) is 5.08. The van der Waals surface area contributed by atoms with Crippen molar-refractivity contribution in [2.75, 3.05) is 51.4 Å². The molecule has 7 nitrogen and oxygen atoms in total. The van der Waals surface area contributed by atoms with E-state index in [0.29, 0.717) is 18.2 Å². The van der Waals surface area contributed by atoms with Crippen LogP contribution in [0.1, 0.15) is 0 Å². The van der Waals surface area contributed by atoms with Crippen molar-refractivity contribution < 1.29 is 14.6 Å². The van der Waals surface area contributed by atoms with Crippen molar-refractivity contribution in [2.24, 2.45) is 0 Å². The van der Waals surface area contributed by atoms with Gasteiger partial charge < -0.3 is 19.5 Å². The van der Waals surface area contributed by atoms with Gasteiger partial charge in [-0.05, 0) is 0 Å². The molecule has 2 aliphatic rings. The van der Waals surface area contributed by atoms with Crippen molar-refractivity contribution in [3.8, 4) is 5.88 Å². The van der Waals surface area contributed by atoms with Crippen LogP contribution in [0.4, 0.5) is 5.82 Å². The number of β-amino-alcohol motifs (C(OH)–C–C–N with tert-alkyl or cyclic N) is 1. The van der Waals surface area contributed by atoms with Gasteiger partial charge in [0.05, 0.1) is 32.5 Å². The Morgan fingerprint density at radius 1 is 1.25 bits per heavy atom. The van der Waals surface area contributed by atoms with Gasteiger partial charge >= 0.3 is 0 Å². The molecule has 1 N–H and O–H groups in total. The van der Waals surface area contributed by atoms with Gasteiger partial charge in [0.2, 0.25) is 0 Å². The van der Waals surface area contributed by atoms with Crippen molar-refractivity contribution >= 4 is 5.82 Å². The first-order valence-corrected chi connectivity index (χ1v) is 6.89. The lowest BCUT2D eigenvalue weighted by molar-refractivity contribution is -0.00588. The fourth-order valence-electron chi connectivity index (χ4n) is 2.89. The lowest BCUT2D eigenvalue weighted by atomic mass is 10.2. The molecule has 2 saturated heterocycles. The van der Waals surface area contributed by atoms with E-state index < -0.39 is 0 Å². The molecule has 2 atom stereocenters. The summed E-state index contributed by atoms with van der Waals surface area (Å²) >= 11 is 0. The number of aliphatic hydroxyl groups is 1. The van der Waals surface area contributed by atoms with Gasteiger partial charge in [-0.2, -0.15) is 0 Å². The standard InChI is InChI=1S/C13H20N4O3/c1-19-13-12(14-2-3-15-13)17-8-10(11(18)9-17)16-4-6-20-7-5-16/h2-3,10-11,18H,4-9H2,1H3/t10-,11-/m0/s1. The van der Waals surface area contributed by atoms with E-state index in [1.165, 1.54) is 0 Å². The summed E-state index contributed by atoms with van der Waals surface area (Å²) < 4.78 is 10.6. The second-order valence-corrected chi connectivity index (χ2v) is 5.08. The van der Waals surface area contributed by atoms with Crippen LogP contribution in [-0.2, 0) is 4.74 Å². The molecule has 3 heterocycles. The van der Waals surface area contributed by atoms with Crippen molar-refractivity contribution in [1.82, 2.24) is 14.9 Å². The van der Waals surface area contributed by atoms with E-state index in [-0.39, 0.29) is 12.1 Å². The number of rotatable bonds is 3. The number of aliphatic hydroxyl groups excluding tert-OH is 1. The van der Waals surface area contributed by atoms with Crippen molar-refractivity contribution in [3.63, 3.8) is 0 Å². The highest BCUT2D eigenvalue weighted by atomic mass is 16.5. The van der Waals surface area contributed by atoms with Crippen LogP contribution < -0.4 is 9.64 Å². The highest BCUT2D eigenvalue weighted by molar-refractivity contribution is 5.49. The number of nitrogens with zero attached hydrogens (tertiary/aromatic N) is 4. The van der Waals surface area contributed by atoms with Crippen LogP contribution in [0, 0.1) is 0 Å². The molecule has 3 rings (SSSR count). The first-order valence-electron chi connectivity index (χ1n) is 6.89. The second kappa shape index (κ2) is 5.90. The molecule has 0 aromatic carbocycles. The minimum Gasteiger partial charge on any atom is -0.478 e. The Bertz CT molecular complexity index is 453. The highest BCUT2D eigenvalue weighted by Crippen LogP contribution is 2.27. The van der Waals surface area contributed by atoms with Gasteiger partial charge in [0.15, 0.2) is 5.82 Å². The van der Waals surface area contributed by atoms with Gasteiger partial charge in [0, 0.05) is 38.6 Å². The monoisotopic (exact) mass is 280 g/mol. The van der Waals surface area contributed by atoms with Gasteiger partial charge in [0.1, 0.15) is 0 Å². The fraction of sp³-hybridized carbons (Fsp3) is 0.692. The van der Waals surface area contributed by atoms with Crippen LogP contribution >= 0.6 is 0 Å². The minimum atomic E-state index is -0.389. The van der Waals surface area contributed by atoms with E-state index in [2.05, 4.69) is 14.9 Å². The van der Waals surface area contributed by atoms with E-state index in [1.54, 1.807) is 19.5 Å². The van der Waals surface area contributed by atoms with Crippen LogP contribution in [0.15, 0.2) is 12.4 Å². The molecule has 0 amide bonds. The molecule has 0 radical (unpaired) electrons. The maximum atomic E-state index is 10.3. The van der Waals surface area contributed by atoms with Crippen molar-refractivity contribution in [3.05, 3.63) is 12.4 Å². The Labute approximate surface area is 118 Å². The minimum absolute atomic E-state index is 0.116. The van der Waals surface area contributed by atoms with Gasteiger partial charge in [-0.25, -0.2) is 9.97 Å². The predicted molar refractivity (Wildman–Crippen MR) is 73.0 cm³/mol. The fourth-order valence-corrected chi connectivity index (χ4v) is 2.89. The maximum absolute atomic E-state index is 10.3. The summed E-state index contributed by atoms with van der Waals surface area (Å²) in [7, 11) is 1.58. The highest BCUT2D eigenvalue weighted by Gasteiger charge is 2.37. The molecule has 2 aliphatic heterocycles. The third kappa shape index (κ3) is 2.56. The van der Waals surface area contributed by atoms with E-state index in [1.807, 2.05) is 4.90 Å².